The lowest BCUT2D eigenvalue weighted by Crippen LogP contribution is -2.03. The van der Waals surface area contributed by atoms with Crippen molar-refractivity contribution in [2.45, 2.75) is 13.8 Å². The van der Waals surface area contributed by atoms with E-state index in [2.05, 4.69) is 4.98 Å². The molecule has 22 heavy (non-hydrogen) atoms. The molecule has 0 bridgehead atoms. The molecule has 0 radical (unpaired) electrons. The van der Waals surface area contributed by atoms with Gasteiger partial charge in [-0.15, -0.1) is 11.3 Å². The summed E-state index contributed by atoms with van der Waals surface area (Å²) in [4.78, 5) is 16.3. The lowest BCUT2D eigenvalue weighted by Gasteiger charge is -2.04. The van der Waals surface area contributed by atoms with Gasteiger partial charge in [0.15, 0.2) is 0 Å². The number of ether oxygens (including phenoxy) is 1. The van der Waals surface area contributed by atoms with E-state index >= 15 is 0 Å². The highest BCUT2D eigenvalue weighted by Gasteiger charge is 2.04. The lowest BCUT2D eigenvalue weighted by molar-refractivity contribution is -0.128. The molecule has 0 aliphatic heterocycles. The van der Waals surface area contributed by atoms with Gasteiger partial charge in [-0.25, -0.2) is 9.78 Å². The Bertz CT molecular complexity index is 811. The van der Waals surface area contributed by atoms with Crippen LogP contribution in [0.1, 0.15) is 16.1 Å². The number of hydrogen-bond acceptors (Lipinski definition) is 4. The molecule has 0 saturated carbocycles. The number of thiazole rings is 1. The van der Waals surface area contributed by atoms with Crippen molar-refractivity contribution in [3.63, 3.8) is 0 Å². The number of carbonyl (C=O) groups is 1. The molecular weight excluding hydrogens is 294 g/mol. The van der Waals surface area contributed by atoms with Crippen molar-refractivity contribution in [2.24, 2.45) is 0 Å². The Morgan fingerprint density at radius 1 is 1.14 bits per heavy atom. The number of esters is 1. The largest absolute Gasteiger partial charge is 0.423 e. The summed E-state index contributed by atoms with van der Waals surface area (Å²) in [5, 5.41) is 0.790. The Morgan fingerprint density at radius 3 is 2.59 bits per heavy atom. The maximum Gasteiger partial charge on any atom is 0.336 e. The first-order valence-electron chi connectivity index (χ1n) is 6.94. The van der Waals surface area contributed by atoms with Crippen LogP contribution < -0.4 is 4.74 Å². The quantitative estimate of drug-likeness (QED) is 0.405. The summed E-state index contributed by atoms with van der Waals surface area (Å²) in [5.74, 6) is 0.167. The van der Waals surface area contributed by atoms with E-state index < -0.39 is 5.97 Å². The predicted octanol–water partition coefficient (Wildman–Crippen LogP) is 4.53. The van der Waals surface area contributed by atoms with Gasteiger partial charge in [-0.05, 0) is 55.3 Å². The van der Waals surface area contributed by atoms with Crippen molar-refractivity contribution in [3.8, 4) is 5.75 Å². The molecule has 3 aromatic rings. The predicted molar refractivity (Wildman–Crippen MR) is 90.2 cm³/mol. The van der Waals surface area contributed by atoms with Crippen LogP contribution in [0.15, 0.2) is 48.5 Å². The van der Waals surface area contributed by atoms with Crippen LogP contribution in [0.3, 0.4) is 0 Å². The van der Waals surface area contributed by atoms with Crippen molar-refractivity contribution in [1.82, 2.24) is 4.98 Å². The van der Waals surface area contributed by atoms with E-state index in [1.165, 1.54) is 6.08 Å². The fourth-order valence-electron chi connectivity index (χ4n) is 2.24. The van der Waals surface area contributed by atoms with E-state index in [1.807, 2.05) is 56.3 Å². The molecule has 0 amide bonds. The normalized spacial score (nSPS) is 11.2. The summed E-state index contributed by atoms with van der Waals surface area (Å²) in [5.41, 5.74) is 3.07. The Kier molecular flexibility index (Phi) is 4.02. The van der Waals surface area contributed by atoms with E-state index in [9.17, 15) is 4.79 Å². The number of nitrogens with zero attached hydrogens (tertiary/aromatic N) is 1. The average molecular weight is 309 g/mol. The van der Waals surface area contributed by atoms with Gasteiger partial charge < -0.3 is 4.74 Å². The van der Waals surface area contributed by atoms with Crippen LogP contribution >= 0.6 is 11.3 Å². The Morgan fingerprint density at radius 2 is 1.86 bits per heavy atom. The minimum atomic E-state index is -0.399. The first-order valence-corrected chi connectivity index (χ1v) is 7.75. The summed E-state index contributed by atoms with van der Waals surface area (Å²) in [6, 6.07) is 13.6. The molecule has 0 fully saturated rings. The smallest absolute Gasteiger partial charge is 0.336 e. The topological polar surface area (TPSA) is 39.2 Å². The van der Waals surface area contributed by atoms with Gasteiger partial charge in [-0.3, -0.25) is 0 Å². The van der Waals surface area contributed by atoms with Crippen molar-refractivity contribution in [2.75, 3.05) is 0 Å². The third kappa shape index (κ3) is 3.40. The van der Waals surface area contributed by atoms with Crippen molar-refractivity contribution in [3.05, 3.63) is 64.7 Å². The van der Waals surface area contributed by atoms with Crippen LogP contribution in [0.5, 0.6) is 5.75 Å². The number of hydrogen-bond donors (Lipinski definition) is 0. The highest BCUT2D eigenvalue weighted by Crippen LogP contribution is 2.22. The van der Waals surface area contributed by atoms with Gasteiger partial charge in [0, 0.05) is 6.08 Å². The zero-order chi connectivity index (χ0) is 15.5. The maximum atomic E-state index is 11.9. The van der Waals surface area contributed by atoms with Crippen LogP contribution in [0.4, 0.5) is 0 Å². The fourth-order valence-corrected chi connectivity index (χ4v) is 3.11. The maximum absolute atomic E-state index is 11.9. The minimum Gasteiger partial charge on any atom is -0.423 e. The highest BCUT2D eigenvalue weighted by molar-refractivity contribution is 7.19. The molecule has 0 aliphatic rings. The molecule has 4 heteroatoms. The molecule has 0 unspecified atom stereocenters. The second-order valence-electron chi connectivity index (χ2n) is 5.10. The fraction of sp³-hybridized carbons (Fsp3) is 0.111. The Labute approximate surface area is 132 Å². The Hall–Kier alpha value is -2.46. The summed E-state index contributed by atoms with van der Waals surface area (Å²) >= 11 is 1.54. The summed E-state index contributed by atoms with van der Waals surface area (Å²) in [6.45, 7) is 3.95. The van der Waals surface area contributed by atoms with Crippen LogP contribution in [0, 0.1) is 13.8 Å². The van der Waals surface area contributed by atoms with E-state index in [0.29, 0.717) is 5.75 Å². The second-order valence-corrected chi connectivity index (χ2v) is 6.16. The number of carbonyl (C=O) groups excluding carboxylic acids is 1. The summed E-state index contributed by atoms with van der Waals surface area (Å²) in [6.07, 6.45) is 3.10. The lowest BCUT2D eigenvalue weighted by atomic mass is 10.1. The van der Waals surface area contributed by atoms with Crippen LogP contribution in [0.2, 0.25) is 0 Å². The molecular formula is C18H15NO2S. The molecule has 0 atom stereocenters. The second kappa shape index (κ2) is 6.12. The van der Waals surface area contributed by atoms with Gasteiger partial charge in [0.2, 0.25) is 0 Å². The molecule has 3 nitrogen and oxygen atoms in total. The van der Waals surface area contributed by atoms with Crippen molar-refractivity contribution >= 4 is 33.6 Å². The molecule has 110 valence electrons. The van der Waals surface area contributed by atoms with Crippen molar-refractivity contribution in [1.29, 1.82) is 0 Å². The van der Waals surface area contributed by atoms with Gasteiger partial charge in [0.1, 0.15) is 10.8 Å². The highest BCUT2D eigenvalue weighted by atomic mass is 32.1. The Balaban J connectivity index is 1.73. The van der Waals surface area contributed by atoms with Crippen LogP contribution in [-0.4, -0.2) is 11.0 Å². The number of fused-ring (bicyclic) bond motifs is 1. The molecule has 0 aliphatic carbocycles. The van der Waals surface area contributed by atoms with E-state index in [4.69, 9.17) is 4.74 Å². The molecule has 0 N–H and O–H groups in total. The van der Waals surface area contributed by atoms with Gasteiger partial charge in [-0.1, -0.05) is 18.2 Å². The van der Waals surface area contributed by atoms with Crippen LogP contribution in [-0.2, 0) is 4.79 Å². The zero-order valence-electron chi connectivity index (χ0n) is 12.4. The van der Waals surface area contributed by atoms with Crippen molar-refractivity contribution < 1.29 is 9.53 Å². The SMILES string of the molecule is Cc1cc(C)cc(OC(=O)/C=C/c2nc3ccccc3s2)c1. The van der Waals surface area contributed by atoms with Gasteiger partial charge in [-0.2, -0.15) is 0 Å². The summed E-state index contributed by atoms with van der Waals surface area (Å²) < 4.78 is 6.42. The minimum absolute atomic E-state index is 0.399. The van der Waals surface area contributed by atoms with Crippen LogP contribution in [0.25, 0.3) is 16.3 Å². The molecule has 1 aromatic heterocycles. The molecule has 0 spiro atoms. The monoisotopic (exact) mass is 309 g/mol. The van der Waals surface area contributed by atoms with E-state index in [0.717, 1.165) is 26.4 Å². The van der Waals surface area contributed by atoms with E-state index in [1.54, 1.807) is 17.4 Å². The standard InChI is InChI=1S/C18H15NO2S/c1-12-9-13(2)11-14(10-12)21-18(20)8-7-17-19-15-5-3-4-6-16(15)22-17/h3-11H,1-2H3/b8-7+. The molecule has 3 rings (SSSR count). The number of benzene rings is 2. The number of rotatable bonds is 3. The number of aromatic nitrogens is 1. The third-order valence-corrected chi connectivity index (χ3v) is 4.09. The summed E-state index contributed by atoms with van der Waals surface area (Å²) in [7, 11) is 0. The molecule has 0 saturated heterocycles. The van der Waals surface area contributed by atoms with Gasteiger partial charge >= 0.3 is 5.97 Å². The van der Waals surface area contributed by atoms with Gasteiger partial charge in [0.05, 0.1) is 10.2 Å². The first kappa shape index (κ1) is 14.5. The number of para-hydroxylation sites is 1. The number of aryl methyl sites for hydroxylation is 2. The molecule has 1 heterocycles. The van der Waals surface area contributed by atoms with E-state index in [-0.39, 0.29) is 0 Å². The average Bonchev–Trinajstić information content (AvgIpc) is 2.87. The van der Waals surface area contributed by atoms with Gasteiger partial charge in [0.25, 0.3) is 0 Å². The molecule has 2 aromatic carbocycles. The zero-order valence-corrected chi connectivity index (χ0v) is 13.2. The first-order chi connectivity index (χ1) is 10.6. The third-order valence-electron chi connectivity index (χ3n) is 3.09.